The Labute approximate surface area is 317 Å². The first-order chi connectivity index (χ1) is 27.2. The third-order valence-electron chi connectivity index (χ3n) is 9.95. The normalized spacial score (nSPS) is 11.3. The maximum Gasteiger partial charge on any atom is 0.164 e. The summed E-state index contributed by atoms with van der Waals surface area (Å²) in [5.74, 6) is 1.89. The second-order valence-electron chi connectivity index (χ2n) is 13.4. The Morgan fingerprint density at radius 3 is 1.16 bits per heavy atom. The molecule has 10 aromatic rings. The fourth-order valence-electron chi connectivity index (χ4n) is 7.22. The molecule has 0 atom stereocenters. The van der Waals surface area contributed by atoms with Crippen molar-refractivity contribution in [1.82, 2.24) is 24.9 Å². The Bertz CT molecular complexity index is 2830. The van der Waals surface area contributed by atoms with Gasteiger partial charge in [0.2, 0.25) is 0 Å². The zero-order valence-corrected chi connectivity index (χ0v) is 29.5. The Balaban J connectivity index is 1.07. The molecule has 0 N–H and O–H groups in total. The van der Waals surface area contributed by atoms with Gasteiger partial charge < -0.3 is 4.42 Å². The molecule has 4 aromatic heterocycles. The molecule has 6 heteroatoms. The molecule has 0 aliphatic carbocycles. The summed E-state index contributed by atoms with van der Waals surface area (Å²) in [4.78, 5) is 23.2. The average Bonchev–Trinajstić information content (AvgIpc) is 3.67. The zero-order chi connectivity index (χ0) is 36.6. The number of pyridine rings is 2. The van der Waals surface area contributed by atoms with E-state index >= 15 is 0 Å². The highest BCUT2D eigenvalue weighted by Gasteiger charge is 2.18. The van der Waals surface area contributed by atoms with Crippen LogP contribution >= 0.6 is 0 Å². The van der Waals surface area contributed by atoms with Gasteiger partial charge in [-0.1, -0.05) is 121 Å². The van der Waals surface area contributed by atoms with E-state index in [1.165, 1.54) is 0 Å². The predicted molar refractivity (Wildman–Crippen MR) is 221 cm³/mol. The van der Waals surface area contributed by atoms with Crippen molar-refractivity contribution in [3.8, 4) is 78.7 Å². The highest BCUT2D eigenvalue weighted by atomic mass is 16.3. The van der Waals surface area contributed by atoms with Crippen LogP contribution in [-0.4, -0.2) is 24.9 Å². The lowest BCUT2D eigenvalue weighted by Crippen LogP contribution is -2.00. The van der Waals surface area contributed by atoms with Crippen LogP contribution in [0.4, 0.5) is 0 Å². The number of fused-ring (bicyclic) bond motifs is 3. The summed E-state index contributed by atoms with van der Waals surface area (Å²) in [5.41, 5.74) is 13.0. The number of furan rings is 1. The van der Waals surface area contributed by atoms with E-state index in [2.05, 4.69) is 88.8 Å². The van der Waals surface area contributed by atoms with Crippen molar-refractivity contribution in [1.29, 1.82) is 0 Å². The van der Waals surface area contributed by atoms with Crippen LogP contribution in [0.3, 0.4) is 0 Å². The van der Waals surface area contributed by atoms with Gasteiger partial charge >= 0.3 is 0 Å². The minimum Gasteiger partial charge on any atom is -0.455 e. The summed E-state index contributed by atoms with van der Waals surface area (Å²) in [6, 6.07) is 56.1. The third kappa shape index (κ3) is 6.11. The van der Waals surface area contributed by atoms with Gasteiger partial charge in [0.25, 0.3) is 0 Å². The van der Waals surface area contributed by atoms with Crippen LogP contribution in [0.1, 0.15) is 0 Å². The Kier molecular flexibility index (Phi) is 8.04. The summed E-state index contributed by atoms with van der Waals surface area (Å²) < 4.78 is 6.91. The lowest BCUT2D eigenvalue weighted by Gasteiger charge is -2.11. The first-order valence-corrected chi connectivity index (χ1v) is 18.1. The van der Waals surface area contributed by atoms with Crippen molar-refractivity contribution in [3.63, 3.8) is 0 Å². The van der Waals surface area contributed by atoms with Crippen molar-refractivity contribution < 1.29 is 4.42 Å². The molecular weight excluding hydrogens is 675 g/mol. The van der Waals surface area contributed by atoms with Crippen LogP contribution in [0.25, 0.3) is 101 Å². The first kappa shape index (κ1) is 32.1. The van der Waals surface area contributed by atoms with E-state index in [0.717, 1.165) is 83.1 Å². The summed E-state index contributed by atoms with van der Waals surface area (Å²) in [6.45, 7) is 0. The largest absolute Gasteiger partial charge is 0.455 e. The number of benzene rings is 6. The molecule has 6 nitrogen and oxygen atoms in total. The Morgan fingerprint density at radius 1 is 0.291 bits per heavy atom. The summed E-state index contributed by atoms with van der Waals surface area (Å²) in [5, 5.41) is 2.13. The van der Waals surface area contributed by atoms with Gasteiger partial charge in [0.15, 0.2) is 17.5 Å². The minimum atomic E-state index is 0.617. The van der Waals surface area contributed by atoms with E-state index in [9.17, 15) is 0 Å². The van der Waals surface area contributed by atoms with E-state index < -0.39 is 0 Å². The monoisotopic (exact) mass is 705 g/mol. The summed E-state index contributed by atoms with van der Waals surface area (Å²) in [7, 11) is 0. The summed E-state index contributed by atoms with van der Waals surface area (Å²) in [6.07, 6.45) is 7.32. The number of hydrogen-bond donors (Lipinski definition) is 0. The SMILES string of the molecule is c1ccc(-c2nc(-c3ccccc3)nc(-c3ccc(-c4cccc5c4oc4c(-c6cc(-c7ccncc7)cc(-c7ccncc7)c6)cccc45)cc3)n2)cc1. The molecule has 0 saturated carbocycles. The second kappa shape index (κ2) is 13.8. The molecule has 55 heavy (non-hydrogen) atoms. The van der Waals surface area contributed by atoms with E-state index in [1.807, 2.05) is 110 Å². The number of rotatable bonds is 7. The van der Waals surface area contributed by atoms with E-state index in [4.69, 9.17) is 19.4 Å². The average molecular weight is 706 g/mol. The van der Waals surface area contributed by atoms with Gasteiger partial charge in [-0.05, 0) is 75.8 Å². The lowest BCUT2D eigenvalue weighted by atomic mass is 9.93. The smallest absolute Gasteiger partial charge is 0.164 e. The highest BCUT2D eigenvalue weighted by molar-refractivity contribution is 6.13. The number of aromatic nitrogens is 5. The van der Waals surface area contributed by atoms with Gasteiger partial charge in [-0.3, -0.25) is 9.97 Å². The number of para-hydroxylation sites is 2. The van der Waals surface area contributed by atoms with Crippen molar-refractivity contribution in [2.75, 3.05) is 0 Å². The van der Waals surface area contributed by atoms with Gasteiger partial charge in [-0.2, -0.15) is 0 Å². The van der Waals surface area contributed by atoms with Gasteiger partial charge in [0.05, 0.1) is 0 Å². The van der Waals surface area contributed by atoms with Crippen LogP contribution in [0.2, 0.25) is 0 Å². The maximum absolute atomic E-state index is 6.91. The van der Waals surface area contributed by atoms with E-state index in [-0.39, 0.29) is 0 Å². The Hall–Kier alpha value is -7.57. The molecule has 0 radical (unpaired) electrons. The Morgan fingerprint density at radius 2 is 0.691 bits per heavy atom. The molecule has 0 fully saturated rings. The fraction of sp³-hybridized carbons (Fsp3) is 0. The molecule has 6 aromatic carbocycles. The van der Waals surface area contributed by atoms with Crippen molar-refractivity contribution in [2.45, 2.75) is 0 Å². The number of nitrogens with zero attached hydrogens (tertiary/aromatic N) is 5. The molecule has 10 rings (SSSR count). The van der Waals surface area contributed by atoms with Gasteiger partial charge in [-0.15, -0.1) is 0 Å². The van der Waals surface area contributed by atoms with Gasteiger partial charge in [-0.25, -0.2) is 15.0 Å². The molecule has 0 bridgehead atoms. The third-order valence-corrected chi connectivity index (χ3v) is 9.95. The van der Waals surface area contributed by atoms with Crippen molar-refractivity contribution in [3.05, 3.63) is 189 Å². The molecule has 0 aliphatic rings. The highest BCUT2D eigenvalue weighted by Crippen LogP contribution is 2.42. The van der Waals surface area contributed by atoms with Crippen LogP contribution in [0.15, 0.2) is 193 Å². The van der Waals surface area contributed by atoms with Crippen LogP contribution in [0.5, 0.6) is 0 Å². The summed E-state index contributed by atoms with van der Waals surface area (Å²) >= 11 is 0. The fourth-order valence-corrected chi connectivity index (χ4v) is 7.22. The molecule has 0 unspecified atom stereocenters. The molecule has 4 heterocycles. The second-order valence-corrected chi connectivity index (χ2v) is 13.4. The molecule has 0 amide bonds. The molecule has 0 aliphatic heterocycles. The topological polar surface area (TPSA) is 77.6 Å². The predicted octanol–water partition coefficient (Wildman–Crippen LogP) is 12.2. The first-order valence-electron chi connectivity index (χ1n) is 18.1. The van der Waals surface area contributed by atoms with Crippen molar-refractivity contribution >= 4 is 21.9 Å². The standard InChI is InChI=1S/C49H31N5O/c1-3-9-35(10-4-1)47-52-48(36-11-5-2-6-12-36)54-49(53-47)37-19-17-34(18-20-37)41-13-7-15-43-44-16-8-14-42(46(44)55-45(41)43)40-30-38(32-21-25-50-26-22-32)29-39(31-40)33-23-27-51-28-24-33/h1-31H. The van der Waals surface area contributed by atoms with E-state index in [0.29, 0.717) is 17.5 Å². The van der Waals surface area contributed by atoms with Crippen molar-refractivity contribution in [2.24, 2.45) is 0 Å². The number of hydrogen-bond acceptors (Lipinski definition) is 6. The van der Waals surface area contributed by atoms with Crippen LogP contribution < -0.4 is 0 Å². The lowest BCUT2D eigenvalue weighted by molar-refractivity contribution is 0.671. The maximum atomic E-state index is 6.91. The molecular formula is C49H31N5O. The molecule has 0 spiro atoms. The molecule has 258 valence electrons. The van der Waals surface area contributed by atoms with Crippen LogP contribution in [-0.2, 0) is 0 Å². The van der Waals surface area contributed by atoms with Crippen LogP contribution in [0, 0.1) is 0 Å². The van der Waals surface area contributed by atoms with Gasteiger partial charge in [0.1, 0.15) is 11.2 Å². The quantitative estimate of drug-likeness (QED) is 0.164. The minimum absolute atomic E-state index is 0.617. The van der Waals surface area contributed by atoms with Gasteiger partial charge in [0, 0.05) is 63.4 Å². The zero-order valence-electron chi connectivity index (χ0n) is 29.5. The molecule has 0 saturated heterocycles. The van der Waals surface area contributed by atoms with E-state index in [1.54, 1.807) is 0 Å².